The van der Waals surface area contributed by atoms with Gasteiger partial charge in [-0.1, -0.05) is 30.3 Å². The zero-order valence-electron chi connectivity index (χ0n) is 14.9. The van der Waals surface area contributed by atoms with Crippen LogP contribution in [0.25, 0.3) is 22.5 Å². The van der Waals surface area contributed by atoms with Crippen molar-refractivity contribution in [3.8, 4) is 22.5 Å². The molecule has 4 rings (SSSR count). The van der Waals surface area contributed by atoms with Crippen molar-refractivity contribution in [3.05, 3.63) is 96.3 Å². The van der Waals surface area contributed by atoms with E-state index >= 15 is 0 Å². The molecule has 1 N–H and O–H groups in total. The number of aryl methyl sites for hydroxylation is 2. The number of imidazole rings is 1. The molecule has 2 aromatic carbocycles. The first-order valence-corrected chi connectivity index (χ1v) is 9.09. The summed E-state index contributed by atoms with van der Waals surface area (Å²) >= 11 is 0. The summed E-state index contributed by atoms with van der Waals surface area (Å²) in [4.78, 5) is 12.4. The highest BCUT2D eigenvalue weighted by Gasteiger charge is 2.14. The maximum atomic E-state index is 13.3. The molecular formula is C23H20FN3. The molecule has 0 atom stereocenters. The first-order chi connectivity index (χ1) is 13.3. The largest absolute Gasteiger partial charge is 0.341 e. The minimum atomic E-state index is -0.247. The molecule has 0 amide bonds. The average molecular weight is 357 g/mol. The van der Waals surface area contributed by atoms with Gasteiger partial charge in [0, 0.05) is 29.9 Å². The van der Waals surface area contributed by atoms with E-state index in [1.54, 1.807) is 24.5 Å². The van der Waals surface area contributed by atoms with E-state index in [9.17, 15) is 4.39 Å². The number of aromatic amines is 1. The number of nitrogens with one attached hydrogen (secondary N) is 1. The van der Waals surface area contributed by atoms with Crippen LogP contribution in [0.1, 0.15) is 17.8 Å². The van der Waals surface area contributed by atoms with Crippen LogP contribution in [0.4, 0.5) is 4.39 Å². The molecule has 0 fully saturated rings. The Balaban J connectivity index is 1.60. The van der Waals surface area contributed by atoms with Gasteiger partial charge in [-0.2, -0.15) is 0 Å². The molecule has 0 aliphatic rings. The molecule has 2 aromatic heterocycles. The SMILES string of the molecule is Fc1ccc(-c2nc(CCCc3ccccc3)[nH]c2-c2ccncc2)cc1. The fourth-order valence-corrected chi connectivity index (χ4v) is 3.19. The van der Waals surface area contributed by atoms with Crippen molar-refractivity contribution < 1.29 is 4.39 Å². The lowest BCUT2D eigenvalue weighted by molar-refractivity contribution is 0.628. The Kier molecular flexibility index (Phi) is 5.06. The highest BCUT2D eigenvalue weighted by molar-refractivity contribution is 5.78. The van der Waals surface area contributed by atoms with Crippen LogP contribution in [-0.4, -0.2) is 15.0 Å². The van der Waals surface area contributed by atoms with Gasteiger partial charge in [-0.25, -0.2) is 9.37 Å². The minimum Gasteiger partial charge on any atom is -0.341 e. The molecule has 0 radical (unpaired) electrons. The molecule has 0 saturated heterocycles. The number of rotatable bonds is 6. The summed E-state index contributed by atoms with van der Waals surface area (Å²) in [6.45, 7) is 0. The van der Waals surface area contributed by atoms with E-state index in [1.165, 1.54) is 17.7 Å². The fourth-order valence-electron chi connectivity index (χ4n) is 3.19. The number of hydrogen-bond donors (Lipinski definition) is 1. The summed E-state index contributed by atoms with van der Waals surface area (Å²) < 4.78 is 13.3. The van der Waals surface area contributed by atoms with Crippen LogP contribution in [0.2, 0.25) is 0 Å². The Bertz CT molecular complexity index is 993. The summed E-state index contributed by atoms with van der Waals surface area (Å²) in [6.07, 6.45) is 6.40. The highest BCUT2D eigenvalue weighted by atomic mass is 19.1. The first kappa shape index (κ1) is 17.2. The molecule has 0 unspecified atom stereocenters. The number of pyridine rings is 1. The molecule has 0 aliphatic carbocycles. The van der Waals surface area contributed by atoms with Crippen LogP contribution >= 0.6 is 0 Å². The first-order valence-electron chi connectivity index (χ1n) is 9.09. The number of halogens is 1. The normalized spacial score (nSPS) is 10.9. The average Bonchev–Trinajstić information content (AvgIpc) is 3.14. The second-order valence-electron chi connectivity index (χ2n) is 6.49. The van der Waals surface area contributed by atoms with E-state index in [0.717, 1.165) is 47.6 Å². The third-order valence-corrected chi connectivity index (χ3v) is 4.56. The van der Waals surface area contributed by atoms with Gasteiger partial charge in [-0.05, 0) is 54.8 Å². The van der Waals surface area contributed by atoms with E-state index in [1.807, 2.05) is 18.2 Å². The maximum absolute atomic E-state index is 13.3. The third kappa shape index (κ3) is 4.11. The lowest BCUT2D eigenvalue weighted by Gasteiger charge is -2.02. The van der Waals surface area contributed by atoms with Gasteiger partial charge in [0.15, 0.2) is 0 Å². The van der Waals surface area contributed by atoms with Crippen LogP contribution in [0.3, 0.4) is 0 Å². The molecule has 27 heavy (non-hydrogen) atoms. The van der Waals surface area contributed by atoms with E-state index in [4.69, 9.17) is 4.98 Å². The molecule has 3 nitrogen and oxygen atoms in total. The van der Waals surface area contributed by atoms with Gasteiger partial charge in [0.05, 0.1) is 11.4 Å². The third-order valence-electron chi connectivity index (χ3n) is 4.56. The zero-order valence-corrected chi connectivity index (χ0v) is 14.9. The maximum Gasteiger partial charge on any atom is 0.123 e. The Labute approximate surface area is 158 Å². The summed E-state index contributed by atoms with van der Waals surface area (Å²) in [7, 11) is 0. The van der Waals surface area contributed by atoms with Crippen molar-refractivity contribution in [3.63, 3.8) is 0 Å². The van der Waals surface area contributed by atoms with Crippen molar-refractivity contribution in [2.75, 3.05) is 0 Å². The lowest BCUT2D eigenvalue weighted by atomic mass is 10.1. The molecule has 134 valence electrons. The van der Waals surface area contributed by atoms with E-state index in [2.05, 4.69) is 34.2 Å². The molecular weight excluding hydrogens is 337 g/mol. The van der Waals surface area contributed by atoms with Crippen LogP contribution in [0.15, 0.2) is 79.1 Å². The van der Waals surface area contributed by atoms with Gasteiger partial charge in [-0.3, -0.25) is 4.98 Å². The molecule has 0 saturated carbocycles. The number of H-pyrrole nitrogens is 1. The Morgan fingerprint density at radius 3 is 2.26 bits per heavy atom. The van der Waals surface area contributed by atoms with Crippen LogP contribution in [-0.2, 0) is 12.8 Å². The second kappa shape index (κ2) is 7.96. The smallest absolute Gasteiger partial charge is 0.123 e. The lowest BCUT2D eigenvalue weighted by Crippen LogP contribution is -1.92. The Hall–Kier alpha value is -3.27. The highest BCUT2D eigenvalue weighted by Crippen LogP contribution is 2.30. The number of benzene rings is 2. The Morgan fingerprint density at radius 1 is 0.778 bits per heavy atom. The number of aromatic nitrogens is 3. The zero-order chi connectivity index (χ0) is 18.5. The van der Waals surface area contributed by atoms with Crippen molar-refractivity contribution in [1.29, 1.82) is 0 Å². The predicted molar refractivity (Wildman–Crippen MR) is 106 cm³/mol. The molecule has 4 heteroatoms. The summed E-state index contributed by atoms with van der Waals surface area (Å²) in [5.41, 5.74) is 5.03. The predicted octanol–water partition coefficient (Wildman–Crippen LogP) is 5.45. The van der Waals surface area contributed by atoms with Gasteiger partial charge >= 0.3 is 0 Å². The molecule has 0 aliphatic heterocycles. The topological polar surface area (TPSA) is 41.6 Å². The van der Waals surface area contributed by atoms with Crippen LogP contribution < -0.4 is 0 Å². The van der Waals surface area contributed by atoms with Crippen molar-refractivity contribution >= 4 is 0 Å². The van der Waals surface area contributed by atoms with Crippen molar-refractivity contribution in [1.82, 2.24) is 15.0 Å². The Morgan fingerprint density at radius 2 is 1.52 bits per heavy atom. The van der Waals surface area contributed by atoms with Gasteiger partial charge < -0.3 is 4.98 Å². The molecule has 0 spiro atoms. The van der Waals surface area contributed by atoms with Gasteiger partial charge in [0.25, 0.3) is 0 Å². The fraction of sp³-hybridized carbons (Fsp3) is 0.130. The second-order valence-corrected chi connectivity index (χ2v) is 6.49. The van der Waals surface area contributed by atoms with Gasteiger partial charge in [0.2, 0.25) is 0 Å². The molecule has 0 bridgehead atoms. The van der Waals surface area contributed by atoms with E-state index in [0.29, 0.717) is 0 Å². The summed E-state index contributed by atoms with van der Waals surface area (Å²) in [6, 6.07) is 20.8. The van der Waals surface area contributed by atoms with Crippen LogP contribution in [0.5, 0.6) is 0 Å². The van der Waals surface area contributed by atoms with Crippen molar-refractivity contribution in [2.45, 2.75) is 19.3 Å². The van der Waals surface area contributed by atoms with Gasteiger partial charge in [0.1, 0.15) is 11.6 Å². The number of nitrogens with zero attached hydrogens (tertiary/aromatic N) is 2. The molecule has 4 aromatic rings. The standard InChI is InChI=1S/C23H20FN3/c24-20-11-9-18(10-12-20)22-23(19-13-15-25-16-14-19)27-21(26-22)8-4-7-17-5-2-1-3-6-17/h1-3,5-6,9-16H,4,7-8H2,(H,26,27). The van der Waals surface area contributed by atoms with Crippen molar-refractivity contribution in [2.24, 2.45) is 0 Å². The quantitative estimate of drug-likeness (QED) is 0.498. The van der Waals surface area contributed by atoms with Gasteiger partial charge in [-0.15, -0.1) is 0 Å². The summed E-state index contributed by atoms with van der Waals surface area (Å²) in [5.74, 6) is 0.694. The summed E-state index contributed by atoms with van der Waals surface area (Å²) in [5, 5.41) is 0. The van der Waals surface area contributed by atoms with Crippen LogP contribution in [0, 0.1) is 5.82 Å². The minimum absolute atomic E-state index is 0.247. The molecule has 2 heterocycles. The van der Waals surface area contributed by atoms with E-state index < -0.39 is 0 Å². The van der Waals surface area contributed by atoms with E-state index in [-0.39, 0.29) is 5.82 Å². The monoisotopic (exact) mass is 357 g/mol. The number of hydrogen-bond acceptors (Lipinski definition) is 2.